The molecule has 0 aliphatic carbocycles. The van der Waals surface area contributed by atoms with Gasteiger partial charge in [-0.25, -0.2) is 0 Å². The van der Waals surface area contributed by atoms with Crippen LogP contribution in [0.4, 0.5) is 5.69 Å². The fourth-order valence-electron chi connectivity index (χ4n) is 2.30. The maximum absolute atomic E-state index is 9.88. The van der Waals surface area contributed by atoms with Crippen molar-refractivity contribution in [3.8, 4) is 5.75 Å². The molecule has 5 nitrogen and oxygen atoms in total. The van der Waals surface area contributed by atoms with E-state index in [1.165, 1.54) is 19.3 Å². The van der Waals surface area contributed by atoms with Gasteiger partial charge in [0.15, 0.2) is 12.5 Å². The van der Waals surface area contributed by atoms with Gasteiger partial charge in [-0.3, -0.25) is 4.90 Å². The molecule has 1 aliphatic heterocycles. The molecule has 0 atom stereocenters. The maximum Gasteiger partial charge on any atom is 0.552 e. The molecule has 0 radical (unpaired) electrons. The largest absolute Gasteiger partial charge is 0.552 e. The Bertz CT molecular complexity index is 457. The second kappa shape index (κ2) is 8.52. The molecule has 1 aromatic carbocycles. The van der Waals surface area contributed by atoms with E-state index in [2.05, 4.69) is 16.8 Å². The molecule has 2 rings (SSSR count). The summed E-state index contributed by atoms with van der Waals surface area (Å²) in [5.41, 5.74) is 0.710. The second-order valence-electron chi connectivity index (χ2n) is 5.23. The predicted molar refractivity (Wildman–Crippen MR) is 81.9 cm³/mol. The fourth-order valence-corrected chi connectivity index (χ4v) is 2.30. The van der Waals surface area contributed by atoms with E-state index in [0.717, 1.165) is 19.5 Å². The van der Waals surface area contributed by atoms with E-state index in [-0.39, 0.29) is 6.08 Å². The highest BCUT2D eigenvalue weighted by Crippen LogP contribution is 2.18. The summed E-state index contributed by atoms with van der Waals surface area (Å²) in [4.78, 5) is 5.05. The summed E-state index contributed by atoms with van der Waals surface area (Å²) in [7, 11) is 0. The molecule has 0 spiro atoms. The Hall–Kier alpha value is -1.75. The third kappa shape index (κ3) is 5.27. The van der Waals surface area contributed by atoms with E-state index in [1.807, 2.05) is 24.3 Å². The summed E-state index contributed by atoms with van der Waals surface area (Å²) >= 11 is 0. The van der Waals surface area contributed by atoms with Crippen LogP contribution in [0.3, 0.4) is 0 Å². The third-order valence-corrected chi connectivity index (χ3v) is 3.42. The van der Waals surface area contributed by atoms with Crippen LogP contribution < -0.4 is 9.73 Å². The van der Waals surface area contributed by atoms with Gasteiger partial charge in [-0.15, -0.1) is 4.99 Å². The molecule has 1 aromatic rings. The molecular formula is C16H25N2O3+. The van der Waals surface area contributed by atoms with Gasteiger partial charge in [0, 0.05) is 19.2 Å². The van der Waals surface area contributed by atoms with Crippen LogP contribution in [0.2, 0.25) is 0 Å². The molecule has 0 bridgehead atoms. The van der Waals surface area contributed by atoms with Crippen LogP contribution in [0.15, 0.2) is 24.3 Å². The number of aliphatic hydroxyl groups excluding tert-OH is 1. The Labute approximate surface area is 126 Å². The Kier molecular flexibility index (Phi) is 6.34. The van der Waals surface area contributed by atoms with E-state index < -0.39 is 0 Å². The number of piperidine rings is 1. The average Bonchev–Trinajstić information content (AvgIpc) is 2.53. The molecule has 0 amide bonds. The SMILES string of the molecule is CCCOc1ccccc1[NH+]=C(O)OCN1CCCCC1. The Balaban J connectivity index is 1.91. The first-order chi connectivity index (χ1) is 10.3. The van der Waals surface area contributed by atoms with Crippen molar-refractivity contribution in [1.82, 2.24) is 4.90 Å². The molecule has 21 heavy (non-hydrogen) atoms. The van der Waals surface area contributed by atoms with Gasteiger partial charge in [0.25, 0.3) is 5.69 Å². The minimum atomic E-state index is -0.187. The monoisotopic (exact) mass is 293 g/mol. The molecule has 0 saturated carbocycles. The first-order valence-corrected chi connectivity index (χ1v) is 7.69. The first-order valence-electron chi connectivity index (χ1n) is 7.69. The Morgan fingerprint density at radius 3 is 2.76 bits per heavy atom. The van der Waals surface area contributed by atoms with Gasteiger partial charge in [-0.2, -0.15) is 0 Å². The molecule has 1 fully saturated rings. The third-order valence-electron chi connectivity index (χ3n) is 3.42. The normalized spacial score (nSPS) is 16.7. The highest BCUT2D eigenvalue weighted by Gasteiger charge is 2.15. The van der Waals surface area contributed by atoms with Crippen molar-refractivity contribution in [2.75, 3.05) is 26.4 Å². The van der Waals surface area contributed by atoms with Crippen LogP contribution in [-0.2, 0) is 4.74 Å². The van der Waals surface area contributed by atoms with Crippen LogP contribution in [-0.4, -0.2) is 42.5 Å². The van der Waals surface area contributed by atoms with Crippen molar-refractivity contribution in [3.05, 3.63) is 24.3 Å². The zero-order chi connectivity index (χ0) is 14.9. The highest BCUT2D eigenvalue weighted by molar-refractivity contribution is 5.60. The van der Waals surface area contributed by atoms with E-state index >= 15 is 0 Å². The molecule has 1 saturated heterocycles. The Morgan fingerprint density at radius 1 is 1.24 bits per heavy atom. The number of ether oxygens (including phenoxy) is 2. The maximum atomic E-state index is 9.88. The minimum absolute atomic E-state index is 0.187. The molecular weight excluding hydrogens is 268 g/mol. The highest BCUT2D eigenvalue weighted by atomic mass is 16.6. The fraction of sp³-hybridized carbons (Fsp3) is 0.562. The molecule has 0 unspecified atom stereocenters. The van der Waals surface area contributed by atoms with Gasteiger partial charge in [-0.1, -0.05) is 25.5 Å². The van der Waals surface area contributed by atoms with Crippen molar-refractivity contribution in [3.63, 3.8) is 0 Å². The number of rotatable bonds is 6. The minimum Gasteiger partial charge on any atom is -0.487 e. The molecule has 1 aliphatic rings. The standard InChI is InChI=1S/C16H24N2O3/c1-2-12-20-15-9-5-4-8-14(15)17-16(19)21-13-18-10-6-3-7-11-18/h4-5,8-9H,2-3,6-7,10-13H2,1H3,(H,17,19)/p+1. The topological polar surface area (TPSA) is 55.9 Å². The van der Waals surface area contributed by atoms with Crippen molar-refractivity contribution in [2.24, 2.45) is 0 Å². The van der Waals surface area contributed by atoms with Gasteiger partial charge in [0.2, 0.25) is 0 Å². The van der Waals surface area contributed by atoms with Crippen LogP contribution >= 0.6 is 0 Å². The number of benzene rings is 1. The number of para-hydroxylation sites is 2. The average molecular weight is 293 g/mol. The number of hydrogen-bond donors (Lipinski definition) is 2. The molecule has 1 heterocycles. The quantitative estimate of drug-likeness (QED) is 0.617. The van der Waals surface area contributed by atoms with Gasteiger partial charge in [0.05, 0.1) is 6.61 Å². The zero-order valence-corrected chi connectivity index (χ0v) is 12.7. The predicted octanol–water partition coefficient (Wildman–Crippen LogP) is 1.56. The molecule has 5 heteroatoms. The summed E-state index contributed by atoms with van der Waals surface area (Å²) in [6.07, 6.45) is 4.44. The lowest BCUT2D eigenvalue weighted by Crippen LogP contribution is -2.67. The van der Waals surface area contributed by atoms with Gasteiger partial charge >= 0.3 is 6.08 Å². The van der Waals surface area contributed by atoms with Crippen LogP contribution in [0, 0.1) is 0 Å². The summed E-state index contributed by atoms with van der Waals surface area (Å²) in [5, 5.41) is 9.88. The van der Waals surface area contributed by atoms with E-state index in [1.54, 1.807) is 0 Å². The Morgan fingerprint density at radius 2 is 2.00 bits per heavy atom. The summed E-state index contributed by atoms with van der Waals surface area (Å²) in [5.74, 6) is 0.715. The number of aliphatic hydroxyl groups is 1. The number of nitrogens with one attached hydrogen (secondary N) is 1. The number of nitrogens with zero attached hydrogens (tertiary/aromatic N) is 1. The smallest absolute Gasteiger partial charge is 0.487 e. The lowest BCUT2D eigenvalue weighted by Gasteiger charge is -2.24. The van der Waals surface area contributed by atoms with Crippen LogP contribution in [0.5, 0.6) is 5.75 Å². The summed E-state index contributed by atoms with van der Waals surface area (Å²) in [6, 6.07) is 7.52. The van der Waals surface area contributed by atoms with Gasteiger partial charge < -0.3 is 14.6 Å². The molecule has 2 N–H and O–H groups in total. The zero-order valence-electron chi connectivity index (χ0n) is 12.7. The van der Waals surface area contributed by atoms with Crippen molar-refractivity contribution in [1.29, 1.82) is 0 Å². The first kappa shape index (κ1) is 15.6. The van der Waals surface area contributed by atoms with Gasteiger partial charge in [0.1, 0.15) is 0 Å². The summed E-state index contributed by atoms with van der Waals surface area (Å²) in [6.45, 7) is 5.18. The van der Waals surface area contributed by atoms with E-state index in [4.69, 9.17) is 9.47 Å². The van der Waals surface area contributed by atoms with Crippen molar-refractivity contribution in [2.45, 2.75) is 32.6 Å². The molecule has 116 valence electrons. The number of likely N-dealkylation sites (tertiary alicyclic amines) is 1. The lowest BCUT2D eigenvalue weighted by molar-refractivity contribution is -0.384. The van der Waals surface area contributed by atoms with Crippen LogP contribution in [0.1, 0.15) is 32.6 Å². The molecule has 0 aromatic heterocycles. The number of hydrogen-bond acceptors (Lipinski definition) is 3. The van der Waals surface area contributed by atoms with Crippen molar-refractivity contribution >= 4 is 11.8 Å². The van der Waals surface area contributed by atoms with E-state index in [0.29, 0.717) is 24.8 Å². The lowest BCUT2D eigenvalue weighted by atomic mass is 10.1. The van der Waals surface area contributed by atoms with Gasteiger partial charge in [-0.05, 0) is 25.3 Å². The second-order valence-corrected chi connectivity index (χ2v) is 5.23. The van der Waals surface area contributed by atoms with E-state index in [9.17, 15) is 5.11 Å². The summed E-state index contributed by atoms with van der Waals surface area (Å²) < 4.78 is 11.0. The van der Waals surface area contributed by atoms with Crippen LogP contribution in [0.25, 0.3) is 0 Å². The van der Waals surface area contributed by atoms with Crippen molar-refractivity contribution < 1.29 is 19.6 Å².